The maximum Gasteiger partial charge on any atom is 0.226 e. The van der Waals surface area contributed by atoms with Crippen molar-refractivity contribution in [2.24, 2.45) is 0 Å². The highest BCUT2D eigenvalue weighted by atomic mass is 35.5. The van der Waals surface area contributed by atoms with Crippen molar-refractivity contribution in [2.75, 3.05) is 61.3 Å². The van der Waals surface area contributed by atoms with Gasteiger partial charge in [0.05, 0.1) is 5.52 Å². The zero-order chi connectivity index (χ0) is 20.9. The first-order valence-electron chi connectivity index (χ1n) is 10.2. The van der Waals surface area contributed by atoms with E-state index in [1.165, 1.54) is 0 Å². The quantitative estimate of drug-likeness (QED) is 0.420. The molecule has 1 saturated heterocycles. The summed E-state index contributed by atoms with van der Waals surface area (Å²) in [5, 5.41) is 8.87. The summed E-state index contributed by atoms with van der Waals surface area (Å²) in [7, 11) is 0. The number of aromatic nitrogens is 3. The number of halogens is 2. The molecule has 1 fully saturated rings. The van der Waals surface area contributed by atoms with Crippen LogP contribution in [0.4, 0.5) is 17.5 Å². The fourth-order valence-electron chi connectivity index (χ4n) is 3.59. The summed E-state index contributed by atoms with van der Waals surface area (Å²) in [6.45, 7) is 8.59. The van der Waals surface area contributed by atoms with Crippen molar-refractivity contribution in [1.29, 1.82) is 0 Å². The van der Waals surface area contributed by atoms with Crippen molar-refractivity contribution in [3.05, 3.63) is 46.7 Å². The molecular weight excluding hydrogens is 421 g/mol. The van der Waals surface area contributed by atoms with Crippen molar-refractivity contribution in [3.63, 3.8) is 0 Å². The molecule has 1 aromatic carbocycles. The summed E-state index contributed by atoms with van der Waals surface area (Å²) in [6.07, 6.45) is 1.78. The predicted molar refractivity (Wildman–Crippen MR) is 125 cm³/mol. The predicted octanol–water partition coefficient (Wildman–Crippen LogP) is 4.00. The topological polar surface area (TPSA) is 69.2 Å². The van der Waals surface area contributed by atoms with Crippen LogP contribution in [0.3, 0.4) is 0 Å². The van der Waals surface area contributed by atoms with Crippen LogP contribution in [0, 0.1) is 0 Å². The average Bonchev–Trinajstić information content (AvgIpc) is 2.76. The lowest BCUT2D eigenvalue weighted by molar-refractivity contribution is 0.270. The molecule has 3 heterocycles. The second-order valence-corrected chi connectivity index (χ2v) is 7.99. The lowest BCUT2D eigenvalue weighted by atomic mass is 10.2. The van der Waals surface area contributed by atoms with E-state index in [0.29, 0.717) is 29.2 Å². The van der Waals surface area contributed by atoms with E-state index in [1.54, 1.807) is 6.20 Å². The molecule has 30 heavy (non-hydrogen) atoms. The van der Waals surface area contributed by atoms with Gasteiger partial charge in [-0.15, -0.1) is 0 Å². The monoisotopic (exact) mass is 445 g/mol. The highest BCUT2D eigenvalue weighted by Crippen LogP contribution is 2.24. The van der Waals surface area contributed by atoms with E-state index >= 15 is 0 Å². The molecule has 9 heteroatoms. The number of pyridine rings is 1. The van der Waals surface area contributed by atoms with Gasteiger partial charge in [-0.1, -0.05) is 30.1 Å². The standard InChI is InChI=1S/C21H25Cl2N7/c1-2-29-9-11-30(12-10-29)20-14-19(23)27-21(28-20)26-8-7-25-17-5-6-24-18-13-15(22)3-4-16(17)18/h3-6,13-14H,2,7-12H2,1H3,(H,24,25)(H,26,27,28). The third-order valence-corrected chi connectivity index (χ3v) is 5.68. The molecule has 158 valence electrons. The summed E-state index contributed by atoms with van der Waals surface area (Å²) in [4.78, 5) is 18.0. The molecule has 0 bridgehead atoms. The molecule has 2 aromatic heterocycles. The molecule has 1 aliphatic rings. The van der Waals surface area contributed by atoms with Gasteiger partial charge in [0, 0.05) is 67.6 Å². The van der Waals surface area contributed by atoms with Crippen molar-refractivity contribution >= 4 is 51.6 Å². The first kappa shape index (κ1) is 20.9. The Morgan fingerprint density at radius 2 is 1.77 bits per heavy atom. The summed E-state index contributed by atoms with van der Waals surface area (Å²) in [6, 6.07) is 9.50. The number of piperazine rings is 1. The lowest BCUT2D eigenvalue weighted by Crippen LogP contribution is -2.46. The minimum absolute atomic E-state index is 0.449. The van der Waals surface area contributed by atoms with Crippen molar-refractivity contribution < 1.29 is 0 Å². The molecule has 0 unspecified atom stereocenters. The number of benzene rings is 1. The smallest absolute Gasteiger partial charge is 0.226 e. The van der Waals surface area contributed by atoms with Crippen LogP contribution >= 0.6 is 23.2 Å². The van der Waals surface area contributed by atoms with Gasteiger partial charge in [-0.05, 0) is 30.8 Å². The van der Waals surface area contributed by atoms with Gasteiger partial charge < -0.3 is 20.4 Å². The normalized spacial score (nSPS) is 14.8. The molecule has 7 nitrogen and oxygen atoms in total. The highest BCUT2D eigenvalue weighted by molar-refractivity contribution is 6.31. The van der Waals surface area contributed by atoms with E-state index in [9.17, 15) is 0 Å². The fraction of sp³-hybridized carbons (Fsp3) is 0.381. The number of hydrogen-bond acceptors (Lipinski definition) is 7. The molecule has 2 N–H and O–H groups in total. The Labute approximate surface area is 186 Å². The zero-order valence-electron chi connectivity index (χ0n) is 16.9. The molecule has 0 atom stereocenters. The number of likely N-dealkylation sites (N-methyl/N-ethyl adjacent to an activating group) is 1. The third-order valence-electron chi connectivity index (χ3n) is 5.25. The van der Waals surface area contributed by atoms with E-state index in [0.717, 1.165) is 55.1 Å². The molecule has 0 radical (unpaired) electrons. The maximum absolute atomic E-state index is 6.25. The van der Waals surface area contributed by atoms with E-state index in [4.69, 9.17) is 23.2 Å². The van der Waals surface area contributed by atoms with Crippen LogP contribution in [0.15, 0.2) is 36.5 Å². The molecule has 3 aromatic rings. The van der Waals surface area contributed by atoms with Crippen LogP contribution in [0.5, 0.6) is 0 Å². The molecular formula is C21H25Cl2N7. The Bertz CT molecular complexity index is 1010. The number of hydrogen-bond donors (Lipinski definition) is 2. The summed E-state index contributed by atoms with van der Waals surface area (Å²) in [5.41, 5.74) is 1.88. The van der Waals surface area contributed by atoms with E-state index in [2.05, 4.69) is 42.3 Å². The van der Waals surface area contributed by atoms with Gasteiger partial charge in [-0.3, -0.25) is 4.98 Å². The Morgan fingerprint density at radius 1 is 0.967 bits per heavy atom. The van der Waals surface area contributed by atoms with Gasteiger partial charge in [-0.25, -0.2) is 4.98 Å². The number of nitrogens with zero attached hydrogens (tertiary/aromatic N) is 5. The number of nitrogens with one attached hydrogen (secondary N) is 2. The molecule has 0 saturated carbocycles. The Kier molecular flexibility index (Phi) is 6.72. The lowest BCUT2D eigenvalue weighted by Gasteiger charge is -2.34. The first-order chi connectivity index (χ1) is 14.6. The van der Waals surface area contributed by atoms with Crippen LogP contribution in [0.1, 0.15) is 6.92 Å². The minimum atomic E-state index is 0.449. The van der Waals surface area contributed by atoms with Crippen LogP contribution < -0.4 is 15.5 Å². The number of rotatable bonds is 7. The number of fused-ring (bicyclic) bond motifs is 1. The molecule has 4 rings (SSSR count). The second kappa shape index (κ2) is 9.64. The molecule has 0 spiro atoms. The first-order valence-corrected chi connectivity index (χ1v) is 10.9. The van der Waals surface area contributed by atoms with Crippen LogP contribution in [0.25, 0.3) is 10.9 Å². The fourth-order valence-corrected chi connectivity index (χ4v) is 3.93. The SMILES string of the molecule is CCN1CCN(c2cc(Cl)nc(NCCNc3ccnc4cc(Cl)ccc34)n2)CC1. The van der Waals surface area contributed by atoms with Gasteiger partial charge in [0.1, 0.15) is 11.0 Å². The van der Waals surface area contributed by atoms with Gasteiger partial charge in [0.25, 0.3) is 0 Å². The Morgan fingerprint density at radius 3 is 2.57 bits per heavy atom. The maximum atomic E-state index is 6.25. The summed E-state index contributed by atoms with van der Waals surface area (Å²) in [5.74, 6) is 1.42. The van der Waals surface area contributed by atoms with Crippen LogP contribution in [-0.4, -0.2) is 65.7 Å². The average molecular weight is 446 g/mol. The van der Waals surface area contributed by atoms with Crippen LogP contribution in [-0.2, 0) is 0 Å². The van der Waals surface area contributed by atoms with Gasteiger partial charge in [-0.2, -0.15) is 4.98 Å². The Balaban J connectivity index is 1.35. The Hall–Kier alpha value is -2.35. The van der Waals surface area contributed by atoms with Gasteiger partial charge >= 0.3 is 0 Å². The van der Waals surface area contributed by atoms with Gasteiger partial charge in [0.15, 0.2) is 0 Å². The van der Waals surface area contributed by atoms with Crippen molar-refractivity contribution in [1.82, 2.24) is 19.9 Å². The highest BCUT2D eigenvalue weighted by Gasteiger charge is 2.18. The molecule has 0 amide bonds. The summed E-state index contributed by atoms with van der Waals surface area (Å²) >= 11 is 12.3. The van der Waals surface area contributed by atoms with E-state index < -0.39 is 0 Å². The van der Waals surface area contributed by atoms with E-state index in [1.807, 2.05) is 30.3 Å². The molecule has 1 aliphatic heterocycles. The zero-order valence-corrected chi connectivity index (χ0v) is 18.4. The minimum Gasteiger partial charge on any atom is -0.383 e. The number of anilines is 3. The largest absolute Gasteiger partial charge is 0.383 e. The second-order valence-electron chi connectivity index (χ2n) is 7.17. The molecule has 0 aliphatic carbocycles. The third kappa shape index (κ3) is 5.03. The van der Waals surface area contributed by atoms with Crippen molar-refractivity contribution in [2.45, 2.75) is 6.92 Å². The van der Waals surface area contributed by atoms with Gasteiger partial charge in [0.2, 0.25) is 5.95 Å². The van der Waals surface area contributed by atoms with Crippen LogP contribution in [0.2, 0.25) is 10.2 Å². The summed E-state index contributed by atoms with van der Waals surface area (Å²) < 4.78 is 0. The van der Waals surface area contributed by atoms with E-state index in [-0.39, 0.29) is 0 Å². The van der Waals surface area contributed by atoms with Crippen molar-refractivity contribution in [3.8, 4) is 0 Å².